The molecular formula is C16H19NO4. The van der Waals surface area contributed by atoms with Gasteiger partial charge < -0.3 is 15.2 Å². The fraction of sp³-hybridized carbons (Fsp3) is 0.375. The van der Waals surface area contributed by atoms with Crippen molar-refractivity contribution in [2.75, 3.05) is 13.2 Å². The predicted octanol–water partition coefficient (Wildman–Crippen LogP) is 1.62. The Morgan fingerprint density at radius 2 is 2.10 bits per heavy atom. The second-order valence-corrected chi connectivity index (χ2v) is 5.11. The van der Waals surface area contributed by atoms with E-state index in [1.165, 1.54) is 11.6 Å². The van der Waals surface area contributed by atoms with Crippen molar-refractivity contribution in [3.8, 4) is 0 Å². The molecule has 21 heavy (non-hydrogen) atoms. The van der Waals surface area contributed by atoms with Crippen LogP contribution in [0.5, 0.6) is 0 Å². The number of hydrogen-bond acceptors (Lipinski definition) is 3. The van der Waals surface area contributed by atoms with Crippen LogP contribution in [0.2, 0.25) is 0 Å². The molecule has 1 atom stereocenters. The highest BCUT2D eigenvalue weighted by Crippen LogP contribution is 2.19. The average molecular weight is 289 g/mol. The highest BCUT2D eigenvalue weighted by Gasteiger charge is 2.43. The lowest BCUT2D eigenvalue weighted by Crippen LogP contribution is -2.54. The second-order valence-electron chi connectivity index (χ2n) is 5.11. The van der Waals surface area contributed by atoms with Crippen LogP contribution in [-0.2, 0) is 20.7 Å². The lowest BCUT2D eigenvalue weighted by molar-refractivity contribution is -0.147. The van der Waals surface area contributed by atoms with E-state index in [1.54, 1.807) is 6.08 Å². The van der Waals surface area contributed by atoms with Crippen molar-refractivity contribution < 1.29 is 19.4 Å². The van der Waals surface area contributed by atoms with Gasteiger partial charge in [0.15, 0.2) is 5.54 Å². The van der Waals surface area contributed by atoms with Crippen molar-refractivity contribution >= 4 is 18.0 Å². The zero-order valence-corrected chi connectivity index (χ0v) is 12.0. The maximum atomic E-state index is 11.9. The molecule has 1 fully saturated rings. The highest BCUT2D eigenvalue weighted by molar-refractivity contribution is 5.96. The van der Waals surface area contributed by atoms with Crippen LogP contribution in [0.25, 0.3) is 6.08 Å². The number of rotatable bonds is 5. The van der Waals surface area contributed by atoms with Gasteiger partial charge in [-0.25, -0.2) is 4.79 Å². The van der Waals surface area contributed by atoms with Gasteiger partial charge in [0, 0.05) is 19.1 Å². The van der Waals surface area contributed by atoms with Crippen LogP contribution in [0.4, 0.5) is 0 Å². The van der Waals surface area contributed by atoms with E-state index in [2.05, 4.69) is 12.2 Å². The van der Waals surface area contributed by atoms with E-state index in [4.69, 9.17) is 4.74 Å². The lowest BCUT2D eigenvalue weighted by Gasteiger charge is -2.22. The van der Waals surface area contributed by atoms with Crippen LogP contribution in [0.15, 0.2) is 30.3 Å². The molecule has 0 saturated carbocycles. The third-order valence-electron chi connectivity index (χ3n) is 3.61. The molecule has 5 nitrogen and oxygen atoms in total. The molecular weight excluding hydrogens is 270 g/mol. The minimum Gasteiger partial charge on any atom is -0.479 e. The SMILES string of the molecule is CCc1ccc(C=CC(=O)NC2(C(=O)O)CCOC2)cc1. The summed E-state index contributed by atoms with van der Waals surface area (Å²) in [7, 11) is 0. The van der Waals surface area contributed by atoms with Gasteiger partial charge in [-0.2, -0.15) is 0 Å². The Morgan fingerprint density at radius 1 is 1.38 bits per heavy atom. The van der Waals surface area contributed by atoms with Gasteiger partial charge in [0.1, 0.15) is 0 Å². The molecule has 0 aromatic heterocycles. The van der Waals surface area contributed by atoms with E-state index in [1.807, 2.05) is 24.3 Å². The lowest BCUT2D eigenvalue weighted by atomic mass is 9.99. The number of nitrogens with one attached hydrogen (secondary N) is 1. The number of carbonyl (C=O) groups excluding carboxylic acids is 1. The van der Waals surface area contributed by atoms with E-state index in [-0.39, 0.29) is 13.0 Å². The fourth-order valence-corrected chi connectivity index (χ4v) is 2.20. The molecule has 1 amide bonds. The Kier molecular flexibility index (Phi) is 4.75. The molecule has 1 unspecified atom stereocenters. The summed E-state index contributed by atoms with van der Waals surface area (Å²) in [5, 5.41) is 11.8. The summed E-state index contributed by atoms with van der Waals surface area (Å²) in [4.78, 5) is 23.2. The van der Waals surface area contributed by atoms with Crippen LogP contribution in [0.3, 0.4) is 0 Å². The normalized spacial score (nSPS) is 21.6. The Balaban J connectivity index is 2.00. The zero-order chi connectivity index (χ0) is 15.3. The van der Waals surface area contributed by atoms with Crippen LogP contribution < -0.4 is 5.32 Å². The first-order valence-corrected chi connectivity index (χ1v) is 6.96. The minimum absolute atomic E-state index is 0.00705. The van der Waals surface area contributed by atoms with Gasteiger partial charge in [-0.1, -0.05) is 31.2 Å². The second kappa shape index (κ2) is 6.54. The van der Waals surface area contributed by atoms with E-state index in [9.17, 15) is 14.7 Å². The van der Waals surface area contributed by atoms with Gasteiger partial charge in [-0.15, -0.1) is 0 Å². The van der Waals surface area contributed by atoms with Gasteiger partial charge in [0.05, 0.1) is 6.61 Å². The first-order valence-electron chi connectivity index (χ1n) is 6.96. The largest absolute Gasteiger partial charge is 0.479 e. The Hall–Kier alpha value is -2.14. The molecule has 0 bridgehead atoms. The summed E-state index contributed by atoms with van der Waals surface area (Å²) in [6.45, 7) is 2.43. The van der Waals surface area contributed by atoms with Gasteiger partial charge in [0.25, 0.3) is 0 Å². The van der Waals surface area contributed by atoms with E-state index < -0.39 is 17.4 Å². The summed E-state index contributed by atoms with van der Waals surface area (Å²) >= 11 is 0. The zero-order valence-electron chi connectivity index (χ0n) is 12.0. The monoisotopic (exact) mass is 289 g/mol. The van der Waals surface area contributed by atoms with Crippen LogP contribution in [0, 0.1) is 0 Å². The van der Waals surface area contributed by atoms with Crippen LogP contribution in [-0.4, -0.2) is 35.7 Å². The van der Waals surface area contributed by atoms with Crippen molar-refractivity contribution in [1.29, 1.82) is 0 Å². The number of amides is 1. The van der Waals surface area contributed by atoms with Gasteiger partial charge in [-0.3, -0.25) is 4.79 Å². The molecule has 1 aromatic rings. The first-order chi connectivity index (χ1) is 10.1. The average Bonchev–Trinajstić information content (AvgIpc) is 2.95. The molecule has 112 valence electrons. The molecule has 0 aliphatic carbocycles. The number of ether oxygens (including phenoxy) is 1. The smallest absolute Gasteiger partial charge is 0.331 e. The molecule has 2 rings (SSSR count). The summed E-state index contributed by atoms with van der Waals surface area (Å²) in [5.41, 5.74) is 0.826. The van der Waals surface area contributed by atoms with Gasteiger partial charge in [0.2, 0.25) is 5.91 Å². The molecule has 1 heterocycles. The van der Waals surface area contributed by atoms with Crippen molar-refractivity contribution in [2.24, 2.45) is 0 Å². The Bertz CT molecular complexity index is 542. The molecule has 0 spiro atoms. The third kappa shape index (κ3) is 3.70. The maximum absolute atomic E-state index is 11.9. The van der Waals surface area contributed by atoms with Crippen LogP contribution >= 0.6 is 0 Å². The number of carbonyl (C=O) groups is 2. The topological polar surface area (TPSA) is 75.6 Å². The maximum Gasteiger partial charge on any atom is 0.331 e. The number of benzene rings is 1. The van der Waals surface area contributed by atoms with Crippen molar-refractivity contribution in [3.05, 3.63) is 41.5 Å². The predicted molar refractivity (Wildman–Crippen MR) is 78.8 cm³/mol. The first kappa shape index (κ1) is 15.3. The van der Waals surface area contributed by atoms with Crippen molar-refractivity contribution in [3.63, 3.8) is 0 Å². The number of hydrogen-bond donors (Lipinski definition) is 2. The summed E-state index contributed by atoms with van der Waals surface area (Å²) in [6.07, 6.45) is 4.27. The molecule has 1 aromatic carbocycles. The highest BCUT2D eigenvalue weighted by atomic mass is 16.5. The fourth-order valence-electron chi connectivity index (χ4n) is 2.20. The Labute approximate surface area is 123 Å². The van der Waals surface area contributed by atoms with E-state index >= 15 is 0 Å². The van der Waals surface area contributed by atoms with Gasteiger partial charge >= 0.3 is 5.97 Å². The molecule has 1 aliphatic rings. The third-order valence-corrected chi connectivity index (χ3v) is 3.61. The number of carboxylic acids is 1. The number of aliphatic carboxylic acids is 1. The Morgan fingerprint density at radius 3 is 2.62 bits per heavy atom. The molecule has 1 aliphatic heterocycles. The summed E-state index contributed by atoms with van der Waals surface area (Å²) in [6, 6.07) is 7.85. The van der Waals surface area contributed by atoms with Crippen molar-refractivity contribution in [1.82, 2.24) is 5.32 Å². The van der Waals surface area contributed by atoms with Gasteiger partial charge in [-0.05, 0) is 23.6 Å². The standard InChI is InChI=1S/C16H19NO4/c1-2-12-3-5-13(6-4-12)7-8-14(18)17-16(15(19)20)9-10-21-11-16/h3-8H,2,9-11H2,1H3,(H,17,18)(H,19,20). The number of aryl methyl sites for hydroxylation is 1. The quantitative estimate of drug-likeness (QED) is 0.808. The summed E-state index contributed by atoms with van der Waals surface area (Å²) in [5.74, 6) is -1.49. The van der Waals surface area contributed by atoms with Crippen molar-refractivity contribution in [2.45, 2.75) is 25.3 Å². The molecule has 0 radical (unpaired) electrons. The summed E-state index contributed by atoms with van der Waals surface area (Å²) < 4.78 is 5.09. The number of carboxylic acid groups (broad SMARTS) is 1. The van der Waals surface area contributed by atoms with E-state index in [0.29, 0.717) is 6.61 Å². The van der Waals surface area contributed by atoms with E-state index in [0.717, 1.165) is 12.0 Å². The molecule has 5 heteroatoms. The molecule has 2 N–H and O–H groups in total. The minimum atomic E-state index is -1.30. The molecule has 1 saturated heterocycles. The van der Waals surface area contributed by atoms with Crippen LogP contribution in [0.1, 0.15) is 24.5 Å².